The van der Waals surface area contributed by atoms with E-state index in [1.54, 1.807) is 38.1 Å². The number of pyridine rings is 2. The third-order valence-corrected chi connectivity index (χ3v) is 7.28. The topological polar surface area (TPSA) is 198 Å². The van der Waals surface area contributed by atoms with Crippen molar-refractivity contribution in [1.29, 1.82) is 0 Å². The van der Waals surface area contributed by atoms with E-state index < -0.39 is 40.0 Å². The minimum absolute atomic E-state index is 0. The Kier molecular flexibility index (Phi) is 9.62. The van der Waals surface area contributed by atoms with E-state index in [4.69, 9.17) is 11.5 Å². The number of carbonyl (C=O) groups is 2. The number of nitrogens with zero attached hydrogens (tertiary/aromatic N) is 2. The Morgan fingerprint density at radius 3 is 2.29 bits per heavy atom. The molecule has 0 saturated heterocycles. The summed E-state index contributed by atoms with van der Waals surface area (Å²) in [5.74, 6) is -2.30. The molecule has 0 fully saturated rings. The van der Waals surface area contributed by atoms with E-state index in [0.29, 0.717) is 22.2 Å². The summed E-state index contributed by atoms with van der Waals surface area (Å²) in [4.78, 5) is 41.0. The standard InChI is InChI=1S/C24H28N6O6S.ClH/c1-13-6-14(2)21(15(3)7-13)37(35,36)29-19(23(33)34)11-27-22(32)17-8-18-5-4-16(10-28-24(25)26)12-30(18)20(31)9-17;/h4-9,12,19,29H,10-11H2,1-3H3,(H,27,32)(H,33,34)(H4,25,26,28);1H/t19-;/m0./s1. The van der Waals surface area contributed by atoms with Crippen LogP contribution in [-0.2, 0) is 21.4 Å². The molecule has 0 aliphatic rings. The highest BCUT2D eigenvalue weighted by Gasteiger charge is 2.28. The first-order chi connectivity index (χ1) is 17.3. The summed E-state index contributed by atoms with van der Waals surface area (Å²) >= 11 is 0. The van der Waals surface area contributed by atoms with Crippen molar-refractivity contribution in [3.8, 4) is 0 Å². The van der Waals surface area contributed by atoms with Gasteiger partial charge in [0.25, 0.3) is 11.5 Å². The predicted molar refractivity (Wildman–Crippen MR) is 145 cm³/mol. The van der Waals surface area contributed by atoms with E-state index in [1.807, 2.05) is 6.92 Å². The second-order valence-electron chi connectivity index (χ2n) is 8.61. The summed E-state index contributed by atoms with van der Waals surface area (Å²) in [6, 6.07) is 7.55. The number of fused-ring (bicyclic) bond motifs is 1. The molecule has 0 bridgehead atoms. The Morgan fingerprint density at radius 1 is 1.08 bits per heavy atom. The van der Waals surface area contributed by atoms with Crippen LogP contribution in [0.2, 0.25) is 0 Å². The van der Waals surface area contributed by atoms with Gasteiger partial charge in [0.1, 0.15) is 6.04 Å². The van der Waals surface area contributed by atoms with Gasteiger partial charge >= 0.3 is 5.97 Å². The van der Waals surface area contributed by atoms with Gasteiger partial charge in [0.05, 0.1) is 11.4 Å². The summed E-state index contributed by atoms with van der Waals surface area (Å²) in [6.45, 7) is 4.68. The smallest absolute Gasteiger partial charge is 0.323 e. The molecule has 7 N–H and O–H groups in total. The van der Waals surface area contributed by atoms with Gasteiger partial charge in [-0.05, 0) is 49.6 Å². The fourth-order valence-corrected chi connectivity index (χ4v) is 5.63. The second kappa shape index (κ2) is 12.1. The molecule has 1 atom stereocenters. The van der Waals surface area contributed by atoms with Crippen LogP contribution >= 0.6 is 12.4 Å². The number of aliphatic carboxylic acids is 1. The van der Waals surface area contributed by atoms with Gasteiger partial charge in [0, 0.05) is 29.9 Å². The monoisotopic (exact) mass is 564 g/mol. The second-order valence-corrected chi connectivity index (χ2v) is 10.3. The molecule has 0 saturated carbocycles. The van der Waals surface area contributed by atoms with Gasteiger partial charge in [0.15, 0.2) is 5.96 Å². The van der Waals surface area contributed by atoms with Crippen molar-refractivity contribution in [2.75, 3.05) is 6.54 Å². The zero-order valence-electron chi connectivity index (χ0n) is 20.9. The largest absolute Gasteiger partial charge is 0.480 e. The molecule has 0 aliphatic carbocycles. The molecule has 204 valence electrons. The van der Waals surface area contributed by atoms with Gasteiger partial charge in [-0.15, -0.1) is 12.4 Å². The highest BCUT2D eigenvalue weighted by atomic mass is 35.5. The lowest BCUT2D eigenvalue weighted by Crippen LogP contribution is -2.48. The predicted octanol–water partition coefficient (Wildman–Crippen LogP) is 0.581. The minimum atomic E-state index is -4.21. The SMILES string of the molecule is Cc1cc(C)c(S(=O)(=O)N[C@@H](CNC(=O)c2cc(=O)n3cc(CN=C(N)N)ccc3c2)C(=O)O)c(C)c1.Cl. The summed E-state index contributed by atoms with van der Waals surface area (Å²) in [7, 11) is -4.21. The molecule has 2 heterocycles. The Morgan fingerprint density at radius 2 is 1.71 bits per heavy atom. The van der Waals surface area contributed by atoms with Crippen LogP contribution in [0.25, 0.3) is 5.52 Å². The number of nitrogens with one attached hydrogen (secondary N) is 2. The molecule has 0 radical (unpaired) electrons. The molecular formula is C24H29ClN6O6S. The molecule has 1 aromatic carbocycles. The van der Waals surface area contributed by atoms with Gasteiger partial charge in [-0.3, -0.25) is 18.8 Å². The van der Waals surface area contributed by atoms with Gasteiger partial charge in [-0.25, -0.2) is 13.4 Å². The molecule has 14 heteroatoms. The number of hydrogen-bond donors (Lipinski definition) is 5. The molecule has 0 spiro atoms. The Balaban J connectivity index is 0.00000507. The molecule has 0 aliphatic heterocycles. The van der Waals surface area contributed by atoms with Crippen molar-refractivity contribution in [3.63, 3.8) is 0 Å². The van der Waals surface area contributed by atoms with Crippen LogP contribution in [0, 0.1) is 20.8 Å². The van der Waals surface area contributed by atoms with E-state index in [-0.39, 0.29) is 35.4 Å². The number of rotatable bonds is 9. The zero-order valence-corrected chi connectivity index (χ0v) is 22.5. The van der Waals surface area contributed by atoms with Gasteiger partial charge in [-0.1, -0.05) is 23.8 Å². The number of hydrogen-bond acceptors (Lipinski definition) is 6. The van der Waals surface area contributed by atoms with Crippen molar-refractivity contribution in [1.82, 2.24) is 14.4 Å². The number of carboxylic acid groups (broad SMARTS) is 1. The number of aromatic nitrogens is 1. The number of amides is 1. The molecule has 3 aromatic rings. The maximum Gasteiger partial charge on any atom is 0.323 e. The number of halogens is 1. The lowest BCUT2D eigenvalue weighted by atomic mass is 10.1. The number of carbonyl (C=O) groups excluding carboxylic acids is 1. The van der Waals surface area contributed by atoms with Crippen molar-refractivity contribution in [2.24, 2.45) is 16.5 Å². The maximum atomic E-state index is 13.0. The number of carboxylic acids is 1. The minimum Gasteiger partial charge on any atom is -0.480 e. The van der Waals surface area contributed by atoms with Crippen molar-refractivity contribution in [2.45, 2.75) is 38.3 Å². The van der Waals surface area contributed by atoms with Crippen LogP contribution in [0.1, 0.15) is 32.6 Å². The molecule has 38 heavy (non-hydrogen) atoms. The van der Waals surface area contributed by atoms with E-state index in [2.05, 4.69) is 15.0 Å². The average molecular weight is 565 g/mol. The average Bonchev–Trinajstić information content (AvgIpc) is 2.79. The van der Waals surface area contributed by atoms with E-state index >= 15 is 0 Å². The fraction of sp³-hybridized carbons (Fsp3) is 0.250. The first kappa shape index (κ1) is 30.3. The number of aryl methyl sites for hydroxylation is 3. The Hall–Kier alpha value is -3.94. The van der Waals surface area contributed by atoms with Gasteiger partial charge < -0.3 is 21.9 Å². The molecule has 2 aromatic heterocycles. The normalized spacial score (nSPS) is 11.9. The van der Waals surface area contributed by atoms with E-state index in [9.17, 15) is 27.9 Å². The third kappa shape index (κ3) is 7.09. The van der Waals surface area contributed by atoms with Crippen LogP contribution in [0.5, 0.6) is 0 Å². The molecule has 3 rings (SSSR count). The molecule has 0 unspecified atom stereocenters. The van der Waals surface area contributed by atoms with Crippen LogP contribution < -0.4 is 27.1 Å². The highest BCUT2D eigenvalue weighted by molar-refractivity contribution is 7.89. The van der Waals surface area contributed by atoms with Gasteiger partial charge in [-0.2, -0.15) is 4.72 Å². The van der Waals surface area contributed by atoms with Crippen LogP contribution in [0.4, 0.5) is 0 Å². The van der Waals surface area contributed by atoms with Crippen molar-refractivity contribution < 1.29 is 23.1 Å². The van der Waals surface area contributed by atoms with Crippen LogP contribution in [0.15, 0.2) is 57.3 Å². The first-order valence-corrected chi connectivity index (χ1v) is 12.6. The van der Waals surface area contributed by atoms with Crippen molar-refractivity contribution in [3.05, 3.63) is 80.8 Å². The molecule has 1 amide bonds. The highest BCUT2D eigenvalue weighted by Crippen LogP contribution is 2.22. The van der Waals surface area contributed by atoms with Gasteiger partial charge in [0.2, 0.25) is 10.0 Å². The summed E-state index contributed by atoms with van der Waals surface area (Å²) in [5.41, 5.74) is 13.0. The number of nitrogens with two attached hydrogens (primary N) is 2. The zero-order chi connectivity index (χ0) is 27.5. The summed E-state index contributed by atoms with van der Waals surface area (Å²) in [5, 5.41) is 12.0. The number of benzene rings is 1. The maximum absolute atomic E-state index is 13.0. The molecular weight excluding hydrogens is 536 g/mol. The lowest BCUT2D eigenvalue weighted by molar-refractivity contribution is -0.138. The van der Waals surface area contributed by atoms with E-state index in [0.717, 1.165) is 11.6 Å². The van der Waals surface area contributed by atoms with Crippen LogP contribution in [-0.4, -0.2) is 48.3 Å². The Bertz CT molecular complexity index is 1560. The van der Waals surface area contributed by atoms with E-state index in [1.165, 1.54) is 16.7 Å². The summed E-state index contributed by atoms with van der Waals surface area (Å²) < 4.78 is 29.4. The quantitative estimate of drug-likeness (QED) is 0.183. The van der Waals surface area contributed by atoms with Crippen LogP contribution in [0.3, 0.4) is 0 Å². The number of aliphatic imine (C=N–C) groups is 1. The summed E-state index contributed by atoms with van der Waals surface area (Å²) in [6.07, 6.45) is 1.54. The molecule has 12 nitrogen and oxygen atoms in total. The third-order valence-electron chi connectivity index (χ3n) is 5.50. The lowest BCUT2D eigenvalue weighted by Gasteiger charge is -2.18. The van der Waals surface area contributed by atoms with Crippen molar-refractivity contribution >= 4 is 45.8 Å². The Labute approximate surface area is 225 Å². The number of guanidine groups is 1. The number of sulfonamides is 1. The fourth-order valence-electron chi connectivity index (χ4n) is 3.99. The first-order valence-electron chi connectivity index (χ1n) is 11.1.